The molecule has 0 atom stereocenters. The molecule has 0 saturated heterocycles. The molecule has 0 unspecified atom stereocenters. The van der Waals surface area contributed by atoms with E-state index in [1.54, 1.807) is 20.8 Å². The van der Waals surface area contributed by atoms with Gasteiger partial charge in [0.05, 0.1) is 25.9 Å². The molecule has 5 nitrogen and oxygen atoms in total. The Morgan fingerprint density at radius 3 is 2.32 bits per heavy atom. The number of esters is 1. The number of carbonyl (C=O) groups excluding carboxylic acids is 2. The Balaban J connectivity index is 4.23. The minimum Gasteiger partial charge on any atom is -0.465 e. The summed E-state index contributed by atoms with van der Waals surface area (Å²) in [7, 11) is 1.84. The molecule has 0 aromatic carbocycles. The van der Waals surface area contributed by atoms with E-state index in [0.29, 0.717) is 13.2 Å². The Morgan fingerprint density at radius 2 is 1.84 bits per heavy atom. The van der Waals surface area contributed by atoms with Crippen LogP contribution in [0.3, 0.4) is 0 Å². The fraction of sp³-hybridized carbons (Fsp3) is 0.857. The fourth-order valence-corrected chi connectivity index (χ4v) is 1.39. The van der Waals surface area contributed by atoms with E-state index in [1.165, 1.54) is 0 Å². The van der Waals surface area contributed by atoms with Gasteiger partial charge in [-0.3, -0.25) is 14.5 Å². The minimum absolute atomic E-state index is 0.141. The highest BCUT2D eigenvalue weighted by atomic mass is 16.5. The maximum atomic E-state index is 12.1. The van der Waals surface area contributed by atoms with Crippen molar-refractivity contribution in [3.63, 3.8) is 0 Å². The van der Waals surface area contributed by atoms with Gasteiger partial charge in [-0.25, -0.2) is 0 Å². The third kappa shape index (κ3) is 6.68. The van der Waals surface area contributed by atoms with Crippen molar-refractivity contribution >= 4 is 11.8 Å². The zero-order chi connectivity index (χ0) is 15.1. The van der Waals surface area contributed by atoms with Crippen molar-refractivity contribution in [1.29, 1.82) is 0 Å². The summed E-state index contributed by atoms with van der Waals surface area (Å²) < 4.78 is 10.3. The lowest BCUT2D eigenvalue weighted by Crippen LogP contribution is -2.42. The van der Waals surface area contributed by atoms with Crippen molar-refractivity contribution in [2.24, 2.45) is 5.41 Å². The maximum Gasteiger partial charge on any atom is 0.319 e. The van der Waals surface area contributed by atoms with Crippen molar-refractivity contribution in [3.8, 4) is 0 Å². The van der Waals surface area contributed by atoms with Gasteiger partial charge in [-0.2, -0.15) is 0 Å². The van der Waals surface area contributed by atoms with E-state index in [4.69, 9.17) is 9.47 Å². The zero-order valence-corrected chi connectivity index (χ0v) is 13.0. The van der Waals surface area contributed by atoms with Crippen LogP contribution in [0.1, 0.15) is 34.6 Å². The molecule has 0 spiro atoms. The number of Topliss-reactive ketones (excluding diaryl/α,β-unsaturated/α-hetero) is 1. The molecular formula is C14H27NO4. The van der Waals surface area contributed by atoms with Crippen molar-refractivity contribution < 1.29 is 19.1 Å². The van der Waals surface area contributed by atoms with Gasteiger partial charge in [-0.05, 0) is 41.7 Å². The molecule has 0 aliphatic carbocycles. The first kappa shape index (κ1) is 18.1. The largest absolute Gasteiger partial charge is 0.465 e. The fourth-order valence-electron chi connectivity index (χ4n) is 1.39. The van der Waals surface area contributed by atoms with E-state index in [9.17, 15) is 9.59 Å². The first-order valence-electron chi connectivity index (χ1n) is 6.72. The van der Waals surface area contributed by atoms with Crippen molar-refractivity contribution in [2.45, 2.75) is 40.7 Å². The number of ketones is 1. The van der Waals surface area contributed by atoms with E-state index < -0.39 is 11.4 Å². The quantitative estimate of drug-likeness (QED) is 0.471. The summed E-state index contributed by atoms with van der Waals surface area (Å²) in [6.07, 6.45) is 0.181. The molecule has 0 fully saturated rings. The van der Waals surface area contributed by atoms with E-state index in [-0.39, 0.29) is 25.0 Å². The Labute approximate surface area is 116 Å². The standard InChI is InChI=1S/C14H27NO4/c1-7-18-13(17)14(4,5)12(16)10-15(6)8-9-19-11(2)3/h11H,7-10H2,1-6H3. The van der Waals surface area contributed by atoms with Crippen LogP contribution in [0, 0.1) is 5.41 Å². The van der Waals surface area contributed by atoms with E-state index in [1.807, 2.05) is 25.8 Å². The van der Waals surface area contributed by atoms with E-state index >= 15 is 0 Å². The number of rotatable bonds is 9. The molecule has 19 heavy (non-hydrogen) atoms. The van der Waals surface area contributed by atoms with Gasteiger partial charge in [0, 0.05) is 6.54 Å². The highest BCUT2D eigenvalue weighted by Gasteiger charge is 2.37. The SMILES string of the molecule is CCOC(=O)C(C)(C)C(=O)CN(C)CCOC(C)C. The molecule has 0 radical (unpaired) electrons. The van der Waals surface area contributed by atoms with Crippen LogP contribution in [-0.4, -0.2) is 56.1 Å². The zero-order valence-electron chi connectivity index (χ0n) is 13.0. The second kappa shape index (κ2) is 8.27. The third-order valence-corrected chi connectivity index (χ3v) is 2.82. The normalized spacial score (nSPS) is 12.0. The Bertz CT molecular complexity index is 300. The summed E-state index contributed by atoms with van der Waals surface area (Å²) in [6, 6.07) is 0. The van der Waals surface area contributed by atoms with Crippen LogP contribution >= 0.6 is 0 Å². The highest BCUT2D eigenvalue weighted by molar-refractivity contribution is 6.03. The monoisotopic (exact) mass is 273 g/mol. The van der Waals surface area contributed by atoms with Crippen LogP contribution in [0.15, 0.2) is 0 Å². The van der Waals surface area contributed by atoms with Crippen molar-refractivity contribution in [3.05, 3.63) is 0 Å². The predicted octanol–water partition coefficient (Wildman–Crippen LogP) is 1.50. The summed E-state index contributed by atoms with van der Waals surface area (Å²) >= 11 is 0. The molecule has 0 N–H and O–H groups in total. The molecular weight excluding hydrogens is 246 g/mol. The number of hydrogen-bond acceptors (Lipinski definition) is 5. The highest BCUT2D eigenvalue weighted by Crippen LogP contribution is 2.19. The second-order valence-corrected chi connectivity index (χ2v) is 5.43. The average Bonchev–Trinajstić information content (AvgIpc) is 2.28. The smallest absolute Gasteiger partial charge is 0.319 e. The van der Waals surface area contributed by atoms with Gasteiger partial charge >= 0.3 is 5.97 Å². The van der Waals surface area contributed by atoms with Gasteiger partial charge in [-0.1, -0.05) is 0 Å². The summed E-state index contributed by atoms with van der Waals surface area (Å²) in [5.74, 6) is -0.607. The predicted molar refractivity (Wildman–Crippen MR) is 74.0 cm³/mol. The number of ether oxygens (including phenoxy) is 2. The van der Waals surface area contributed by atoms with Crippen LogP contribution in [0.2, 0.25) is 0 Å². The van der Waals surface area contributed by atoms with Gasteiger partial charge in [-0.15, -0.1) is 0 Å². The van der Waals surface area contributed by atoms with Gasteiger partial charge < -0.3 is 9.47 Å². The minimum atomic E-state index is -1.09. The van der Waals surface area contributed by atoms with Crippen LogP contribution in [0.4, 0.5) is 0 Å². The van der Waals surface area contributed by atoms with Crippen LogP contribution in [0.25, 0.3) is 0 Å². The molecule has 0 aromatic heterocycles. The third-order valence-electron chi connectivity index (χ3n) is 2.82. The molecule has 0 bridgehead atoms. The topological polar surface area (TPSA) is 55.8 Å². The summed E-state index contributed by atoms with van der Waals surface area (Å²) in [6.45, 7) is 10.6. The first-order valence-corrected chi connectivity index (χ1v) is 6.72. The molecule has 0 rings (SSSR count). The molecule has 0 heterocycles. The summed E-state index contributed by atoms with van der Waals surface area (Å²) in [4.78, 5) is 25.7. The van der Waals surface area contributed by atoms with Crippen LogP contribution in [-0.2, 0) is 19.1 Å². The lowest BCUT2D eigenvalue weighted by molar-refractivity contribution is -0.158. The Hall–Kier alpha value is -0.940. The lowest BCUT2D eigenvalue weighted by atomic mass is 9.88. The van der Waals surface area contributed by atoms with Crippen molar-refractivity contribution in [2.75, 3.05) is 33.4 Å². The molecule has 0 aliphatic rings. The molecule has 0 aliphatic heterocycles. The number of carbonyl (C=O) groups is 2. The maximum absolute atomic E-state index is 12.1. The number of likely N-dealkylation sites (N-methyl/N-ethyl adjacent to an activating group) is 1. The molecule has 0 amide bonds. The Morgan fingerprint density at radius 1 is 1.26 bits per heavy atom. The summed E-state index contributed by atoms with van der Waals surface area (Å²) in [5.41, 5.74) is -1.09. The number of hydrogen-bond donors (Lipinski definition) is 0. The average molecular weight is 273 g/mol. The molecule has 0 saturated carbocycles. The van der Waals surface area contributed by atoms with Gasteiger partial charge in [0.1, 0.15) is 5.41 Å². The molecule has 5 heteroatoms. The summed E-state index contributed by atoms with van der Waals surface area (Å²) in [5, 5.41) is 0. The molecule has 112 valence electrons. The second-order valence-electron chi connectivity index (χ2n) is 5.43. The van der Waals surface area contributed by atoms with Crippen LogP contribution in [0.5, 0.6) is 0 Å². The van der Waals surface area contributed by atoms with Crippen molar-refractivity contribution in [1.82, 2.24) is 4.90 Å². The van der Waals surface area contributed by atoms with Gasteiger partial charge in [0.25, 0.3) is 0 Å². The molecule has 0 aromatic rings. The van der Waals surface area contributed by atoms with Crippen LogP contribution < -0.4 is 0 Å². The lowest BCUT2D eigenvalue weighted by Gasteiger charge is -2.24. The number of nitrogens with zero attached hydrogens (tertiary/aromatic N) is 1. The Kier molecular flexibility index (Phi) is 7.87. The van der Waals surface area contributed by atoms with Gasteiger partial charge in [0.15, 0.2) is 5.78 Å². The van der Waals surface area contributed by atoms with E-state index in [2.05, 4.69) is 0 Å². The van der Waals surface area contributed by atoms with E-state index in [0.717, 1.165) is 0 Å². The van der Waals surface area contributed by atoms with Gasteiger partial charge in [0.2, 0.25) is 0 Å². The first-order chi connectivity index (χ1) is 8.71.